The van der Waals surface area contributed by atoms with Gasteiger partial charge in [-0.15, -0.1) is 0 Å². The van der Waals surface area contributed by atoms with Gasteiger partial charge in [-0.05, 0) is 69.2 Å². The number of hydrogen-bond acceptors (Lipinski definition) is 7. The van der Waals surface area contributed by atoms with Crippen LogP contribution in [0.15, 0.2) is 63.5 Å². The van der Waals surface area contributed by atoms with Crippen molar-refractivity contribution in [3.8, 4) is 11.5 Å². The Hall–Kier alpha value is -3.36. The summed E-state index contributed by atoms with van der Waals surface area (Å²) in [6, 6.07) is 11.9. The molecule has 0 saturated carbocycles. The van der Waals surface area contributed by atoms with Crippen molar-refractivity contribution in [1.82, 2.24) is 4.57 Å². The van der Waals surface area contributed by atoms with Gasteiger partial charge in [0.05, 0.1) is 41.7 Å². The van der Waals surface area contributed by atoms with E-state index in [4.69, 9.17) is 25.8 Å². The van der Waals surface area contributed by atoms with Crippen LogP contribution in [0.3, 0.4) is 0 Å². The van der Waals surface area contributed by atoms with Crippen molar-refractivity contribution in [3.63, 3.8) is 0 Å². The zero-order valence-electron chi connectivity index (χ0n) is 20.5. The fraction of sp³-hybridized carbons (Fsp3) is 0.296. The molecular weight excluding hydrogens is 500 g/mol. The number of carbonyl (C=O) groups excluding carboxylic acids is 1. The molecule has 1 aliphatic rings. The number of benzene rings is 2. The molecule has 2 heterocycles. The van der Waals surface area contributed by atoms with Crippen molar-refractivity contribution in [2.45, 2.75) is 33.7 Å². The molecular formula is C27H27ClN2O5S. The van der Waals surface area contributed by atoms with Gasteiger partial charge >= 0.3 is 5.97 Å². The first kappa shape index (κ1) is 25.7. The van der Waals surface area contributed by atoms with Gasteiger partial charge in [-0.3, -0.25) is 9.36 Å². The summed E-state index contributed by atoms with van der Waals surface area (Å²) in [4.78, 5) is 31.9. The number of carbonyl (C=O) groups is 1. The van der Waals surface area contributed by atoms with Crippen LogP contribution in [0.25, 0.3) is 6.08 Å². The summed E-state index contributed by atoms with van der Waals surface area (Å²) in [7, 11) is 0. The summed E-state index contributed by atoms with van der Waals surface area (Å²) in [5.41, 5.74) is 2.10. The van der Waals surface area contributed by atoms with Crippen molar-refractivity contribution < 1.29 is 19.0 Å². The maximum atomic E-state index is 13.7. The molecule has 0 saturated heterocycles. The van der Waals surface area contributed by atoms with Crippen LogP contribution in [0, 0.1) is 0 Å². The number of hydrogen-bond donors (Lipinski definition) is 0. The van der Waals surface area contributed by atoms with Gasteiger partial charge in [0.15, 0.2) is 16.3 Å². The lowest BCUT2D eigenvalue weighted by Gasteiger charge is -2.25. The molecule has 7 nitrogen and oxygen atoms in total. The first-order chi connectivity index (χ1) is 17.4. The number of esters is 1. The summed E-state index contributed by atoms with van der Waals surface area (Å²) in [5, 5.41) is 0.615. The predicted molar refractivity (Wildman–Crippen MR) is 141 cm³/mol. The Morgan fingerprint density at radius 2 is 1.75 bits per heavy atom. The second kappa shape index (κ2) is 11.1. The highest BCUT2D eigenvalue weighted by Crippen LogP contribution is 2.36. The highest BCUT2D eigenvalue weighted by atomic mass is 35.5. The van der Waals surface area contributed by atoms with E-state index in [1.807, 2.05) is 38.1 Å². The number of fused-ring (bicyclic) bond motifs is 1. The Bertz CT molecular complexity index is 1490. The van der Waals surface area contributed by atoms with Gasteiger partial charge < -0.3 is 14.2 Å². The van der Waals surface area contributed by atoms with E-state index in [9.17, 15) is 9.59 Å². The molecule has 188 valence electrons. The molecule has 0 fully saturated rings. The third kappa shape index (κ3) is 5.10. The minimum Gasteiger partial charge on any atom is -0.490 e. The lowest BCUT2D eigenvalue weighted by Crippen LogP contribution is -2.40. The fourth-order valence-corrected chi connectivity index (χ4v) is 5.23. The fourth-order valence-electron chi connectivity index (χ4n) is 4.06. The van der Waals surface area contributed by atoms with Crippen LogP contribution >= 0.6 is 22.9 Å². The van der Waals surface area contributed by atoms with Crippen LogP contribution in [-0.2, 0) is 9.53 Å². The second-order valence-corrected chi connectivity index (χ2v) is 9.37. The van der Waals surface area contributed by atoms with Gasteiger partial charge in [0.2, 0.25) is 0 Å². The molecule has 3 aromatic rings. The lowest BCUT2D eigenvalue weighted by molar-refractivity contribution is -0.139. The molecule has 1 aliphatic heterocycles. The van der Waals surface area contributed by atoms with Crippen molar-refractivity contribution in [3.05, 3.63) is 89.6 Å². The van der Waals surface area contributed by atoms with E-state index in [1.54, 1.807) is 42.7 Å². The van der Waals surface area contributed by atoms with Gasteiger partial charge in [-0.25, -0.2) is 9.79 Å². The Labute approximate surface area is 217 Å². The van der Waals surface area contributed by atoms with Crippen LogP contribution in [0.4, 0.5) is 0 Å². The lowest BCUT2D eigenvalue weighted by atomic mass is 9.95. The molecule has 0 amide bonds. The highest BCUT2D eigenvalue weighted by molar-refractivity contribution is 7.07. The van der Waals surface area contributed by atoms with Gasteiger partial charge in [-0.1, -0.05) is 41.1 Å². The molecule has 0 N–H and O–H groups in total. The van der Waals surface area contributed by atoms with Crippen LogP contribution in [-0.4, -0.2) is 30.4 Å². The van der Waals surface area contributed by atoms with E-state index in [0.29, 0.717) is 55.9 Å². The molecule has 9 heteroatoms. The maximum absolute atomic E-state index is 13.7. The summed E-state index contributed by atoms with van der Waals surface area (Å²) < 4.78 is 18.9. The van der Waals surface area contributed by atoms with Crippen LogP contribution in [0.1, 0.15) is 44.9 Å². The Balaban J connectivity index is 1.94. The van der Waals surface area contributed by atoms with Crippen molar-refractivity contribution in [2.24, 2.45) is 4.99 Å². The van der Waals surface area contributed by atoms with Crippen molar-refractivity contribution >= 4 is 35.0 Å². The first-order valence-electron chi connectivity index (χ1n) is 11.7. The first-order valence-corrected chi connectivity index (χ1v) is 12.9. The highest BCUT2D eigenvalue weighted by Gasteiger charge is 2.34. The molecule has 1 atom stereocenters. The van der Waals surface area contributed by atoms with Crippen LogP contribution < -0.4 is 24.4 Å². The topological polar surface area (TPSA) is 79.1 Å². The zero-order chi connectivity index (χ0) is 25.8. The number of aromatic nitrogens is 1. The molecule has 36 heavy (non-hydrogen) atoms. The smallest absolute Gasteiger partial charge is 0.338 e. The van der Waals surface area contributed by atoms with Gasteiger partial charge in [0.25, 0.3) is 5.56 Å². The largest absolute Gasteiger partial charge is 0.490 e. The van der Waals surface area contributed by atoms with E-state index < -0.39 is 12.0 Å². The van der Waals surface area contributed by atoms with Gasteiger partial charge in [0.1, 0.15) is 0 Å². The summed E-state index contributed by atoms with van der Waals surface area (Å²) in [6.45, 7) is 8.40. The minimum atomic E-state index is -0.734. The number of rotatable bonds is 8. The molecule has 4 rings (SSSR count). The van der Waals surface area contributed by atoms with E-state index >= 15 is 0 Å². The number of allylic oxidation sites excluding steroid dienone is 1. The average molecular weight is 527 g/mol. The number of thiazole rings is 1. The Morgan fingerprint density at radius 1 is 1.06 bits per heavy atom. The van der Waals surface area contributed by atoms with E-state index in [-0.39, 0.29) is 12.2 Å². The SMILES string of the molecule is CCOC(=O)C1=C(C)N=c2s/c(=C\c3ccc(Cl)cc3)c(=O)n2[C@H]1c1ccc(OCC)c(OCC)c1. The molecule has 0 spiro atoms. The molecule has 0 unspecified atom stereocenters. The summed E-state index contributed by atoms with van der Waals surface area (Å²) >= 11 is 7.28. The van der Waals surface area contributed by atoms with E-state index in [0.717, 1.165) is 5.56 Å². The predicted octanol–water partition coefficient (Wildman–Crippen LogP) is 4.25. The molecule has 2 aromatic carbocycles. The van der Waals surface area contributed by atoms with Crippen LogP contribution in [0.2, 0.25) is 5.02 Å². The Kier molecular flexibility index (Phi) is 7.96. The van der Waals surface area contributed by atoms with Crippen LogP contribution in [0.5, 0.6) is 11.5 Å². The molecule has 0 aliphatic carbocycles. The second-order valence-electron chi connectivity index (χ2n) is 7.93. The number of ether oxygens (including phenoxy) is 3. The maximum Gasteiger partial charge on any atom is 0.338 e. The third-order valence-corrected chi connectivity index (χ3v) is 6.80. The standard InChI is InChI=1S/C27H27ClN2O5S/c1-5-33-20-13-10-18(15-21(20)34-6-2)24-23(26(32)35-7-3)16(4)29-27-30(24)25(31)22(36-27)14-17-8-11-19(28)12-9-17/h8-15,24H,5-7H2,1-4H3/b22-14-/t24-/m0/s1. The van der Waals surface area contributed by atoms with Crippen molar-refractivity contribution in [1.29, 1.82) is 0 Å². The van der Waals surface area contributed by atoms with E-state index in [2.05, 4.69) is 4.99 Å². The number of nitrogens with zero attached hydrogens (tertiary/aromatic N) is 2. The molecule has 1 aromatic heterocycles. The quantitative estimate of drug-likeness (QED) is 0.410. The molecule has 0 radical (unpaired) electrons. The Morgan fingerprint density at radius 3 is 2.42 bits per heavy atom. The van der Waals surface area contributed by atoms with Gasteiger partial charge in [0, 0.05) is 5.02 Å². The third-order valence-electron chi connectivity index (χ3n) is 5.57. The summed E-state index contributed by atoms with van der Waals surface area (Å²) in [6.07, 6.45) is 1.80. The van der Waals surface area contributed by atoms with E-state index in [1.165, 1.54) is 11.3 Å². The minimum absolute atomic E-state index is 0.205. The monoisotopic (exact) mass is 526 g/mol. The van der Waals surface area contributed by atoms with Crippen molar-refractivity contribution in [2.75, 3.05) is 19.8 Å². The average Bonchev–Trinajstić information content (AvgIpc) is 3.15. The zero-order valence-corrected chi connectivity index (χ0v) is 22.1. The van der Waals surface area contributed by atoms with Gasteiger partial charge in [-0.2, -0.15) is 0 Å². The number of halogens is 1. The molecule has 0 bridgehead atoms. The summed E-state index contributed by atoms with van der Waals surface area (Å²) in [5.74, 6) is 0.622. The normalized spacial score (nSPS) is 15.4.